The molecule has 1 aromatic heterocycles. The number of ether oxygens (including phenoxy) is 1. The smallest absolute Gasteiger partial charge is 0.410 e. The molecule has 2 N–H and O–H groups in total. The minimum atomic E-state index is -1.77. The average molecular weight is 436 g/mol. The second kappa shape index (κ2) is 8.86. The van der Waals surface area contributed by atoms with Crippen molar-refractivity contribution in [3.05, 3.63) is 88.9 Å². The number of fused-ring (bicyclic) bond motifs is 1. The number of amides is 1. The molecule has 1 amide bonds. The van der Waals surface area contributed by atoms with Crippen LogP contribution in [-0.2, 0) is 11.3 Å². The Hall–Kier alpha value is -4.61. The van der Waals surface area contributed by atoms with Gasteiger partial charge in [-0.2, -0.15) is 15.8 Å². The van der Waals surface area contributed by atoms with Crippen LogP contribution in [0.4, 0.5) is 4.79 Å². The molecule has 2 atom stereocenters. The Balaban J connectivity index is 1.71. The molecule has 0 saturated heterocycles. The van der Waals surface area contributed by atoms with Gasteiger partial charge in [-0.05, 0) is 22.8 Å². The molecule has 0 spiro atoms. The summed E-state index contributed by atoms with van der Waals surface area (Å²) < 4.78 is 5.48. The topological polar surface area (TPSA) is 140 Å². The molecule has 4 rings (SSSR count). The number of pyridine rings is 1. The van der Waals surface area contributed by atoms with E-state index >= 15 is 0 Å². The number of rotatable bonds is 3. The van der Waals surface area contributed by atoms with Gasteiger partial charge in [0.1, 0.15) is 12.7 Å². The zero-order chi connectivity index (χ0) is 23.4. The van der Waals surface area contributed by atoms with Gasteiger partial charge in [-0.3, -0.25) is 4.98 Å². The third-order valence-corrected chi connectivity index (χ3v) is 6.17. The van der Waals surface area contributed by atoms with Crippen molar-refractivity contribution < 1.29 is 9.53 Å². The molecule has 8 heteroatoms. The summed E-state index contributed by atoms with van der Waals surface area (Å²) >= 11 is 0. The van der Waals surface area contributed by atoms with Gasteiger partial charge >= 0.3 is 6.09 Å². The fourth-order valence-corrected chi connectivity index (χ4v) is 4.58. The predicted octanol–water partition coefficient (Wildman–Crippen LogP) is 3.14. The molecule has 162 valence electrons. The number of nitriles is 3. The van der Waals surface area contributed by atoms with Crippen molar-refractivity contribution in [2.24, 2.45) is 17.1 Å². The molecular formula is C25H20N6O2. The molecule has 2 aromatic rings. The number of hydrogen-bond donors (Lipinski definition) is 1. The average Bonchev–Trinajstić information content (AvgIpc) is 2.87. The first-order valence-corrected chi connectivity index (χ1v) is 10.3. The van der Waals surface area contributed by atoms with Crippen LogP contribution in [0.5, 0.6) is 0 Å². The molecule has 2 aliphatic rings. The number of nitrogens with two attached hydrogens (primary N) is 1. The second-order valence-corrected chi connectivity index (χ2v) is 7.91. The number of nitrogens with zero attached hydrogens (tertiary/aromatic N) is 5. The van der Waals surface area contributed by atoms with Gasteiger partial charge in [-0.25, -0.2) is 4.79 Å². The van der Waals surface area contributed by atoms with Crippen LogP contribution in [0.1, 0.15) is 17.0 Å². The molecule has 1 aromatic carbocycles. The highest BCUT2D eigenvalue weighted by molar-refractivity contribution is 5.69. The fourth-order valence-electron chi connectivity index (χ4n) is 4.58. The zero-order valence-electron chi connectivity index (χ0n) is 17.7. The first kappa shape index (κ1) is 21.6. The largest absolute Gasteiger partial charge is 0.445 e. The minimum Gasteiger partial charge on any atom is -0.445 e. The predicted molar refractivity (Wildman–Crippen MR) is 117 cm³/mol. The van der Waals surface area contributed by atoms with Crippen LogP contribution in [0.2, 0.25) is 0 Å². The van der Waals surface area contributed by atoms with Crippen LogP contribution < -0.4 is 5.73 Å². The van der Waals surface area contributed by atoms with Crippen LogP contribution in [0.3, 0.4) is 0 Å². The van der Waals surface area contributed by atoms with Crippen LogP contribution in [0, 0.1) is 45.3 Å². The lowest BCUT2D eigenvalue weighted by Crippen LogP contribution is -2.49. The van der Waals surface area contributed by atoms with Crippen molar-refractivity contribution in [3.63, 3.8) is 0 Å². The van der Waals surface area contributed by atoms with Crippen molar-refractivity contribution in [1.29, 1.82) is 15.8 Å². The highest BCUT2D eigenvalue weighted by Crippen LogP contribution is 2.53. The Morgan fingerprint density at radius 3 is 2.58 bits per heavy atom. The highest BCUT2D eigenvalue weighted by Gasteiger charge is 2.54. The molecule has 1 aliphatic heterocycles. The Labute approximate surface area is 191 Å². The Bertz CT molecular complexity index is 1230. The van der Waals surface area contributed by atoms with E-state index in [1.54, 1.807) is 30.6 Å². The van der Waals surface area contributed by atoms with Crippen molar-refractivity contribution in [2.45, 2.75) is 12.5 Å². The van der Waals surface area contributed by atoms with E-state index in [1.165, 1.54) is 4.90 Å². The molecule has 0 unspecified atom stereocenters. The summed E-state index contributed by atoms with van der Waals surface area (Å²) in [6, 6.07) is 19.0. The van der Waals surface area contributed by atoms with Gasteiger partial charge in [0, 0.05) is 37.3 Å². The fraction of sp³-hybridized carbons (Fsp3) is 0.240. The molecule has 1 aliphatic carbocycles. The molecule has 0 fully saturated rings. The molecule has 0 radical (unpaired) electrons. The van der Waals surface area contributed by atoms with E-state index in [-0.39, 0.29) is 31.0 Å². The van der Waals surface area contributed by atoms with Gasteiger partial charge in [0.15, 0.2) is 5.41 Å². The number of hydrogen-bond acceptors (Lipinski definition) is 7. The summed E-state index contributed by atoms with van der Waals surface area (Å²) in [5.41, 5.74) is 6.70. The van der Waals surface area contributed by atoms with Crippen molar-refractivity contribution in [1.82, 2.24) is 9.88 Å². The van der Waals surface area contributed by atoms with Crippen LogP contribution in [0.25, 0.3) is 0 Å². The summed E-state index contributed by atoms with van der Waals surface area (Å²) in [4.78, 5) is 18.5. The Morgan fingerprint density at radius 2 is 1.94 bits per heavy atom. The first-order valence-electron chi connectivity index (χ1n) is 10.3. The maximum absolute atomic E-state index is 12.8. The van der Waals surface area contributed by atoms with E-state index in [0.29, 0.717) is 11.1 Å². The Kier molecular flexibility index (Phi) is 5.81. The Morgan fingerprint density at radius 1 is 1.18 bits per heavy atom. The normalized spacial score (nSPS) is 21.0. The van der Waals surface area contributed by atoms with Gasteiger partial charge < -0.3 is 15.4 Å². The number of carbonyl (C=O) groups is 1. The SMILES string of the molecule is N#CC1=C(N)C(C#N)(C#N)[C@@H](c2cccnc2)[C@H]2CN(C(=O)OCc3ccccc3)CC=C12. The molecule has 8 nitrogen and oxygen atoms in total. The van der Waals surface area contributed by atoms with E-state index in [1.807, 2.05) is 30.3 Å². The molecular weight excluding hydrogens is 416 g/mol. The number of carbonyl (C=O) groups excluding carboxylic acids is 1. The summed E-state index contributed by atoms with van der Waals surface area (Å²) in [6.45, 7) is 0.520. The lowest BCUT2D eigenvalue weighted by Gasteiger charge is -2.45. The van der Waals surface area contributed by atoms with Crippen molar-refractivity contribution in [3.8, 4) is 18.2 Å². The van der Waals surface area contributed by atoms with Crippen molar-refractivity contribution >= 4 is 6.09 Å². The lowest BCUT2D eigenvalue weighted by molar-refractivity contribution is 0.0898. The number of benzene rings is 1. The third-order valence-electron chi connectivity index (χ3n) is 6.17. The van der Waals surface area contributed by atoms with Crippen LogP contribution in [-0.4, -0.2) is 29.1 Å². The van der Waals surface area contributed by atoms with E-state index in [4.69, 9.17) is 10.5 Å². The van der Waals surface area contributed by atoms with Crippen molar-refractivity contribution in [2.75, 3.05) is 13.1 Å². The molecule has 0 saturated carbocycles. The third kappa shape index (κ3) is 3.67. The highest BCUT2D eigenvalue weighted by atomic mass is 16.6. The van der Waals surface area contributed by atoms with Gasteiger partial charge in [0.25, 0.3) is 0 Å². The summed E-state index contributed by atoms with van der Waals surface area (Å²) in [7, 11) is 0. The summed E-state index contributed by atoms with van der Waals surface area (Å²) in [5, 5.41) is 30.0. The minimum absolute atomic E-state index is 0.0635. The van der Waals surface area contributed by atoms with Gasteiger partial charge in [-0.15, -0.1) is 0 Å². The first-order chi connectivity index (χ1) is 16.1. The van der Waals surface area contributed by atoms with Crippen LogP contribution >= 0.6 is 0 Å². The van der Waals surface area contributed by atoms with E-state index in [2.05, 4.69) is 23.2 Å². The van der Waals surface area contributed by atoms with E-state index < -0.39 is 23.3 Å². The summed E-state index contributed by atoms with van der Waals surface area (Å²) in [5.74, 6) is -1.22. The van der Waals surface area contributed by atoms with E-state index in [0.717, 1.165) is 5.56 Å². The quantitative estimate of drug-likeness (QED) is 0.779. The van der Waals surface area contributed by atoms with E-state index in [9.17, 15) is 20.6 Å². The van der Waals surface area contributed by atoms with Crippen LogP contribution in [0.15, 0.2) is 77.8 Å². The number of allylic oxidation sites excluding steroid dienone is 2. The molecule has 0 bridgehead atoms. The number of aromatic nitrogens is 1. The molecule has 2 heterocycles. The lowest BCUT2D eigenvalue weighted by atomic mass is 9.58. The zero-order valence-corrected chi connectivity index (χ0v) is 17.7. The van der Waals surface area contributed by atoms with Gasteiger partial charge in [-0.1, -0.05) is 42.5 Å². The maximum atomic E-state index is 12.8. The van der Waals surface area contributed by atoms with Gasteiger partial charge in [0.2, 0.25) is 0 Å². The second-order valence-electron chi connectivity index (χ2n) is 7.91. The maximum Gasteiger partial charge on any atom is 0.410 e. The summed E-state index contributed by atoms with van der Waals surface area (Å²) in [6.07, 6.45) is 4.42. The standard InChI is InChI=1S/C25H20N6O2/c26-11-20-19-8-10-31(24(32)33-14-17-5-2-1-3-6-17)13-21(19)22(18-7-4-9-30-12-18)25(15-27,16-28)23(20)29/h1-9,12,21-22H,10,13-14,29H2/t21-,22-/m0/s1. The monoisotopic (exact) mass is 436 g/mol. The molecule has 33 heavy (non-hydrogen) atoms. The van der Waals surface area contributed by atoms with Gasteiger partial charge in [0.05, 0.1) is 23.4 Å².